The average molecular weight is 376 g/mol. The highest BCUT2D eigenvalue weighted by Crippen LogP contribution is 2.35. The summed E-state index contributed by atoms with van der Waals surface area (Å²) in [4.78, 5) is 15.5. The molecule has 25 heavy (non-hydrogen) atoms. The number of anilines is 1. The lowest BCUT2D eigenvalue weighted by Gasteiger charge is -2.40. The fourth-order valence-corrected chi connectivity index (χ4v) is 3.86. The minimum absolute atomic E-state index is 0.243. The second-order valence-corrected chi connectivity index (χ2v) is 7.60. The van der Waals surface area contributed by atoms with Gasteiger partial charge in [-0.2, -0.15) is 0 Å². The maximum Gasteiger partial charge on any atom is 0.158 e. The number of nitrogens with zero attached hydrogens (tertiary/aromatic N) is 4. The monoisotopic (exact) mass is 375 g/mol. The van der Waals surface area contributed by atoms with Gasteiger partial charge in [0, 0.05) is 31.3 Å². The third kappa shape index (κ3) is 3.36. The number of fused-ring (bicyclic) bond motifs is 1. The van der Waals surface area contributed by atoms with Crippen LogP contribution in [-0.4, -0.2) is 34.8 Å². The second kappa shape index (κ2) is 6.56. The van der Waals surface area contributed by atoms with E-state index in [1.54, 1.807) is 6.33 Å². The van der Waals surface area contributed by atoms with E-state index in [2.05, 4.69) is 19.9 Å². The van der Waals surface area contributed by atoms with Crippen molar-refractivity contribution in [3.05, 3.63) is 45.8 Å². The molecular formula is C18H19Cl2N5. The molecule has 2 aliphatic heterocycles. The van der Waals surface area contributed by atoms with Crippen molar-refractivity contribution in [2.24, 2.45) is 10.7 Å². The molecule has 1 aromatic carbocycles. The molecule has 0 bridgehead atoms. The zero-order valence-electron chi connectivity index (χ0n) is 13.8. The summed E-state index contributed by atoms with van der Waals surface area (Å²) in [6.07, 6.45) is 6.87. The SMILES string of the molecule is NC1(Cc2ccc(Cl)c(Cl)c2)CCN(c2ncnc3c2N=CC3)CC1. The van der Waals surface area contributed by atoms with Crippen LogP contribution in [0.1, 0.15) is 24.1 Å². The number of aliphatic imine (C=N–C) groups is 1. The molecule has 4 rings (SSSR count). The van der Waals surface area contributed by atoms with Gasteiger partial charge in [-0.1, -0.05) is 29.3 Å². The van der Waals surface area contributed by atoms with E-state index in [1.807, 2.05) is 24.4 Å². The Hall–Kier alpha value is -1.69. The number of halogens is 2. The van der Waals surface area contributed by atoms with Crippen LogP contribution in [0.2, 0.25) is 10.0 Å². The Balaban J connectivity index is 1.46. The topological polar surface area (TPSA) is 67.4 Å². The van der Waals surface area contributed by atoms with Gasteiger partial charge in [0.25, 0.3) is 0 Å². The molecule has 0 unspecified atom stereocenters. The fourth-order valence-electron chi connectivity index (χ4n) is 3.54. The molecule has 2 aliphatic rings. The quantitative estimate of drug-likeness (QED) is 0.889. The van der Waals surface area contributed by atoms with Crippen LogP contribution < -0.4 is 10.6 Å². The van der Waals surface area contributed by atoms with Gasteiger partial charge < -0.3 is 10.6 Å². The molecule has 1 aromatic heterocycles. The number of nitrogens with two attached hydrogens (primary N) is 1. The second-order valence-electron chi connectivity index (χ2n) is 6.78. The first-order valence-corrected chi connectivity index (χ1v) is 9.14. The molecule has 130 valence electrons. The van der Waals surface area contributed by atoms with Crippen molar-refractivity contribution < 1.29 is 0 Å². The molecule has 0 saturated carbocycles. The predicted molar refractivity (Wildman–Crippen MR) is 102 cm³/mol. The van der Waals surface area contributed by atoms with Crippen molar-refractivity contribution in [3.8, 4) is 0 Å². The molecular weight excluding hydrogens is 357 g/mol. The largest absolute Gasteiger partial charge is 0.355 e. The number of benzene rings is 1. The minimum Gasteiger partial charge on any atom is -0.355 e. The summed E-state index contributed by atoms with van der Waals surface area (Å²) in [6.45, 7) is 1.72. The molecule has 1 fully saturated rings. The van der Waals surface area contributed by atoms with E-state index in [1.165, 1.54) is 0 Å². The summed E-state index contributed by atoms with van der Waals surface area (Å²) in [7, 11) is 0. The van der Waals surface area contributed by atoms with Crippen LogP contribution >= 0.6 is 23.2 Å². The van der Waals surface area contributed by atoms with Crippen LogP contribution in [0.15, 0.2) is 29.5 Å². The van der Waals surface area contributed by atoms with Gasteiger partial charge in [-0.3, -0.25) is 4.99 Å². The van der Waals surface area contributed by atoms with Gasteiger partial charge in [0.1, 0.15) is 12.0 Å². The maximum absolute atomic E-state index is 6.67. The van der Waals surface area contributed by atoms with Crippen molar-refractivity contribution in [1.29, 1.82) is 0 Å². The smallest absolute Gasteiger partial charge is 0.158 e. The number of rotatable bonds is 3. The molecule has 7 heteroatoms. The summed E-state index contributed by atoms with van der Waals surface area (Å²) in [5, 5.41) is 1.15. The van der Waals surface area contributed by atoms with E-state index < -0.39 is 0 Å². The van der Waals surface area contributed by atoms with E-state index in [4.69, 9.17) is 28.9 Å². The van der Waals surface area contributed by atoms with Gasteiger partial charge >= 0.3 is 0 Å². The van der Waals surface area contributed by atoms with Gasteiger partial charge in [0.05, 0.1) is 15.7 Å². The third-order valence-corrected chi connectivity index (χ3v) is 5.72. The predicted octanol–water partition coefficient (Wildman–Crippen LogP) is 3.58. The van der Waals surface area contributed by atoms with E-state index in [-0.39, 0.29) is 5.54 Å². The normalized spacial score (nSPS) is 18.4. The van der Waals surface area contributed by atoms with Crippen molar-refractivity contribution in [2.45, 2.75) is 31.2 Å². The zero-order valence-corrected chi connectivity index (χ0v) is 15.3. The van der Waals surface area contributed by atoms with Gasteiger partial charge in [0.15, 0.2) is 5.82 Å². The molecule has 0 atom stereocenters. The third-order valence-electron chi connectivity index (χ3n) is 4.98. The highest BCUT2D eigenvalue weighted by atomic mass is 35.5. The fraction of sp³-hybridized carbons (Fsp3) is 0.389. The van der Waals surface area contributed by atoms with Crippen LogP contribution in [0.5, 0.6) is 0 Å². The molecule has 0 aliphatic carbocycles. The summed E-state index contributed by atoms with van der Waals surface area (Å²) < 4.78 is 0. The van der Waals surface area contributed by atoms with Crippen molar-refractivity contribution in [1.82, 2.24) is 9.97 Å². The number of aromatic nitrogens is 2. The Morgan fingerprint density at radius 1 is 1.12 bits per heavy atom. The summed E-state index contributed by atoms with van der Waals surface area (Å²) in [5.74, 6) is 0.926. The Morgan fingerprint density at radius 3 is 2.68 bits per heavy atom. The van der Waals surface area contributed by atoms with E-state index in [0.29, 0.717) is 10.0 Å². The minimum atomic E-state index is -0.243. The van der Waals surface area contributed by atoms with Crippen LogP contribution in [0.25, 0.3) is 0 Å². The first kappa shape index (κ1) is 16.8. The zero-order chi connectivity index (χ0) is 17.4. The van der Waals surface area contributed by atoms with Crippen molar-refractivity contribution in [3.63, 3.8) is 0 Å². The summed E-state index contributed by atoms with van der Waals surface area (Å²) in [5.41, 5.74) is 9.47. The van der Waals surface area contributed by atoms with Crippen LogP contribution in [0.4, 0.5) is 11.5 Å². The lowest BCUT2D eigenvalue weighted by Crippen LogP contribution is -2.52. The van der Waals surface area contributed by atoms with E-state index in [0.717, 1.165) is 61.5 Å². The van der Waals surface area contributed by atoms with Crippen LogP contribution in [0.3, 0.4) is 0 Å². The first-order chi connectivity index (χ1) is 12.0. The lowest BCUT2D eigenvalue weighted by molar-refractivity contribution is 0.330. The Labute approximate surface area is 156 Å². The molecule has 0 amide bonds. The molecule has 1 saturated heterocycles. The summed E-state index contributed by atoms with van der Waals surface area (Å²) >= 11 is 12.1. The standard InChI is InChI=1S/C18H19Cl2N5/c19-13-2-1-12(9-14(13)20)10-18(21)4-7-25(8-5-18)17-16-15(3-6-22-16)23-11-24-17/h1-2,6,9,11H,3-5,7-8,10,21H2. The van der Waals surface area contributed by atoms with E-state index in [9.17, 15) is 0 Å². The van der Waals surface area contributed by atoms with Gasteiger partial charge in [0.2, 0.25) is 0 Å². The van der Waals surface area contributed by atoms with Gasteiger partial charge in [-0.05, 0) is 37.0 Å². The molecule has 3 heterocycles. The van der Waals surface area contributed by atoms with Crippen molar-refractivity contribution in [2.75, 3.05) is 18.0 Å². The van der Waals surface area contributed by atoms with Crippen molar-refractivity contribution >= 4 is 40.9 Å². The highest BCUT2D eigenvalue weighted by molar-refractivity contribution is 6.42. The van der Waals surface area contributed by atoms with Crippen LogP contribution in [0, 0.1) is 0 Å². The first-order valence-electron chi connectivity index (χ1n) is 8.38. The lowest BCUT2D eigenvalue weighted by atomic mass is 9.83. The van der Waals surface area contributed by atoms with Gasteiger partial charge in [-0.15, -0.1) is 0 Å². The Bertz CT molecular complexity index is 828. The molecule has 5 nitrogen and oxygen atoms in total. The molecule has 0 spiro atoms. The number of hydrogen-bond acceptors (Lipinski definition) is 5. The van der Waals surface area contributed by atoms with E-state index >= 15 is 0 Å². The molecule has 0 radical (unpaired) electrons. The number of hydrogen-bond donors (Lipinski definition) is 1. The van der Waals surface area contributed by atoms with Crippen LogP contribution in [-0.2, 0) is 12.8 Å². The number of piperidine rings is 1. The Kier molecular flexibility index (Phi) is 4.40. The summed E-state index contributed by atoms with van der Waals surface area (Å²) in [6, 6.07) is 5.75. The molecule has 2 aromatic rings. The maximum atomic E-state index is 6.67. The highest BCUT2D eigenvalue weighted by Gasteiger charge is 2.32. The average Bonchev–Trinajstić information content (AvgIpc) is 3.08. The molecule has 2 N–H and O–H groups in total. The Morgan fingerprint density at radius 2 is 1.92 bits per heavy atom. The van der Waals surface area contributed by atoms with Gasteiger partial charge in [-0.25, -0.2) is 9.97 Å².